The molecule has 0 radical (unpaired) electrons. The Balaban J connectivity index is 2.07. The highest BCUT2D eigenvalue weighted by Crippen LogP contribution is 2.24. The van der Waals surface area contributed by atoms with Crippen LogP contribution in [0.25, 0.3) is 0 Å². The van der Waals surface area contributed by atoms with E-state index in [-0.39, 0.29) is 5.76 Å². The maximum atomic E-state index is 10.8. The van der Waals surface area contributed by atoms with Gasteiger partial charge in [0.2, 0.25) is 5.76 Å². The van der Waals surface area contributed by atoms with Crippen molar-refractivity contribution in [2.75, 3.05) is 6.54 Å². The molecule has 0 bridgehead atoms. The second-order valence-corrected chi connectivity index (χ2v) is 4.91. The first-order valence-electron chi connectivity index (χ1n) is 6.39. The molecule has 1 aromatic heterocycles. The second kappa shape index (κ2) is 5.54. The zero-order valence-corrected chi connectivity index (χ0v) is 10.6. The van der Waals surface area contributed by atoms with Crippen LogP contribution < -0.4 is 5.73 Å². The average molecular weight is 252 g/mol. The molecule has 0 aliphatic carbocycles. The van der Waals surface area contributed by atoms with Crippen molar-refractivity contribution in [1.82, 2.24) is 4.90 Å². The van der Waals surface area contributed by atoms with Gasteiger partial charge in [-0.05, 0) is 31.9 Å². The SMILES string of the molecule is CC1CCCC(CN)N1Cc1ccc(C(=O)O)o1. The topological polar surface area (TPSA) is 79.7 Å². The number of carboxylic acids is 1. The summed E-state index contributed by atoms with van der Waals surface area (Å²) >= 11 is 0. The molecule has 1 fully saturated rings. The molecule has 3 N–H and O–H groups in total. The molecule has 100 valence electrons. The Kier molecular flexibility index (Phi) is 4.04. The first kappa shape index (κ1) is 13.1. The molecule has 5 nitrogen and oxygen atoms in total. The van der Waals surface area contributed by atoms with Crippen LogP contribution in [0.3, 0.4) is 0 Å². The van der Waals surface area contributed by atoms with Crippen LogP contribution in [-0.2, 0) is 6.54 Å². The van der Waals surface area contributed by atoms with E-state index >= 15 is 0 Å². The fourth-order valence-electron chi connectivity index (χ4n) is 2.64. The molecular weight excluding hydrogens is 232 g/mol. The van der Waals surface area contributed by atoms with E-state index in [1.165, 1.54) is 12.5 Å². The summed E-state index contributed by atoms with van der Waals surface area (Å²) in [6, 6.07) is 4.07. The Morgan fingerprint density at radius 3 is 2.94 bits per heavy atom. The molecule has 0 spiro atoms. The van der Waals surface area contributed by atoms with Gasteiger partial charge in [0.15, 0.2) is 0 Å². The van der Waals surface area contributed by atoms with Crippen molar-refractivity contribution in [2.45, 2.75) is 44.8 Å². The molecular formula is C13H20N2O3. The van der Waals surface area contributed by atoms with E-state index < -0.39 is 5.97 Å². The molecule has 2 heterocycles. The Bertz CT molecular complexity index is 416. The van der Waals surface area contributed by atoms with Crippen molar-refractivity contribution in [1.29, 1.82) is 0 Å². The van der Waals surface area contributed by atoms with Gasteiger partial charge in [-0.1, -0.05) is 6.42 Å². The molecule has 18 heavy (non-hydrogen) atoms. The number of hydrogen-bond acceptors (Lipinski definition) is 4. The van der Waals surface area contributed by atoms with Crippen LogP contribution in [0.2, 0.25) is 0 Å². The molecule has 0 saturated carbocycles. The normalized spacial score (nSPS) is 25.2. The molecule has 2 atom stereocenters. The van der Waals surface area contributed by atoms with E-state index in [4.69, 9.17) is 15.3 Å². The van der Waals surface area contributed by atoms with Gasteiger partial charge < -0.3 is 15.3 Å². The maximum Gasteiger partial charge on any atom is 0.371 e. The third-order valence-electron chi connectivity index (χ3n) is 3.68. The summed E-state index contributed by atoms with van der Waals surface area (Å²) in [4.78, 5) is 13.1. The van der Waals surface area contributed by atoms with Gasteiger partial charge in [0, 0.05) is 18.6 Å². The monoisotopic (exact) mass is 252 g/mol. The molecule has 2 rings (SSSR count). The van der Waals surface area contributed by atoms with E-state index in [1.54, 1.807) is 6.07 Å². The number of nitrogens with zero attached hydrogens (tertiary/aromatic N) is 1. The van der Waals surface area contributed by atoms with E-state index in [2.05, 4.69) is 11.8 Å². The minimum absolute atomic E-state index is 0.000962. The summed E-state index contributed by atoms with van der Waals surface area (Å²) in [6.45, 7) is 3.45. The number of hydrogen-bond donors (Lipinski definition) is 2. The summed E-state index contributed by atoms with van der Waals surface area (Å²) in [5.41, 5.74) is 5.80. The number of rotatable bonds is 4. The van der Waals surface area contributed by atoms with Gasteiger partial charge in [-0.2, -0.15) is 0 Å². The predicted molar refractivity (Wildman–Crippen MR) is 67.4 cm³/mol. The molecule has 1 saturated heterocycles. The Hall–Kier alpha value is -1.33. The van der Waals surface area contributed by atoms with Gasteiger partial charge in [0.1, 0.15) is 5.76 Å². The summed E-state index contributed by atoms with van der Waals surface area (Å²) in [7, 11) is 0. The van der Waals surface area contributed by atoms with Crippen LogP contribution in [0.5, 0.6) is 0 Å². The van der Waals surface area contributed by atoms with Crippen molar-refractivity contribution in [3.63, 3.8) is 0 Å². The van der Waals surface area contributed by atoms with Crippen molar-refractivity contribution in [3.8, 4) is 0 Å². The van der Waals surface area contributed by atoms with Crippen molar-refractivity contribution < 1.29 is 14.3 Å². The standard InChI is InChI=1S/C13H20N2O3/c1-9-3-2-4-10(7-14)15(9)8-11-5-6-12(18-11)13(16)17/h5-6,9-10H,2-4,7-8,14H2,1H3,(H,16,17). The van der Waals surface area contributed by atoms with Gasteiger partial charge in [-0.15, -0.1) is 0 Å². The third kappa shape index (κ3) is 2.73. The highest BCUT2D eigenvalue weighted by molar-refractivity contribution is 5.84. The average Bonchev–Trinajstić information content (AvgIpc) is 2.80. The highest BCUT2D eigenvalue weighted by Gasteiger charge is 2.27. The lowest BCUT2D eigenvalue weighted by atomic mass is 9.96. The summed E-state index contributed by atoms with van der Waals surface area (Å²) in [5, 5.41) is 8.83. The van der Waals surface area contributed by atoms with E-state index in [1.807, 2.05) is 0 Å². The van der Waals surface area contributed by atoms with Crippen molar-refractivity contribution in [3.05, 3.63) is 23.7 Å². The van der Waals surface area contributed by atoms with Gasteiger partial charge in [-0.25, -0.2) is 4.79 Å². The van der Waals surface area contributed by atoms with Crippen LogP contribution in [0.15, 0.2) is 16.5 Å². The molecule has 0 aromatic carbocycles. The second-order valence-electron chi connectivity index (χ2n) is 4.91. The van der Waals surface area contributed by atoms with Crippen LogP contribution in [0, 0.1) is 0 Å². The fraction of sp³-hybridized carbons (Fsp3) is 0.615. The van der Waals surface area contributed by atoms with Crippen LogP contribution in [-0.4, -0.2) is 34.6 Å². The van der Waals surface area contributed by atoms with Gasteiger partial charge in [0.05, 0.1) is 6.54 Å². The van der Waals surface area contributed by atoms with Crippen LogP contribution in [0.1, 0.15) is 42.5 Å². The largest absolute Gasteiger partial charge is 0.475 e. The number of aromatic carboxylic acids is 1. The number of piperidine rings is 1. The maximum absolute atomic E-state index is 10.8. The molecule has 5 heteroatoms. The van der Waals surface area contributed by atoms with Gasteiger partial charge in [-0.3, -0.25) is 4.90 Å². The lowest BCUT2D eigenvalue weighted by Gasteiger charge is -2.39. The first-order chi connectivity index (χ1) is 8.61. The summed E-state index contributed by atoms with van der Waals surface area (Å²) in [6.07, 6.45) is 3.47. The molecule has 1 aromatic rings. The third-order valence-corrected chi connectivity index (χ3v) is 3.68. The summed E-state index contributed by atoms with van der Waals surface area (Å²) in [5.74, 6) is -0.332. The van der Waals surface area contributed by atoms with E-state index in [0.29, 0.717) is 30.9 Å². The quantitative estimate of drug-likeness (QED) is 0.852. The predicted octanol–water partition coefficient (Wildman–Crippen LogP) is 1.68. The molecule has 1 aliphatic rings. The number of carbonyl (C=O) groups is 1. The smallest absolute Gasteiger partial charge is 0.371 e. The van der Waals surface area contributed by atoms with E-state index in [0.717, 1.165) is 12.8 Å². The van der Waals surface area contributed by atoms with Gasteiger partial charge >= 0.3 is 5.97 Å². The first-order valence-corrected chi connectivity index (χ1v) is 6.39. The van der Waals surface area contributed by atoms with Crippen LogP contribution >= 0.6 is 0 Å². The minimum atomic E-state index is -1.02. The lowest BCUT2D eigenvalue weighted by molar-refractivity contribution is 0.0641. The molecule has 0 amide bonds. The van der Waals surface area contributed by atoms with Gasteiger partial charge in [0.25, 0.3) is 0 Å². The number of nitrogens with two attached hydrogens (primary N) is 1. The number of carboxylic acid groups (broad SMARTS) is 1. The van der Waals surface area contributed by atoms with Crippen LogP contribution in [0.4, 0.5) is 0 Å². The fourth-order valence-corrected chi connectivity index (χ4v) is 2.64. The van der Waals surface area contributed by atoms with E-state index in [9.17, 15) is 4.79 Å². The van der Waals surface area contributed by atoms with Crippen molar-refractivity contribution >= 4 is 5.97 Å². The highest BCUT2D eigenvalue weighted by atomic mass is 16.4. The minimum Gasteiger partial charge on any atom is -0.475 e. The summed E-state index contributed by atoms with van der Waals surface area (Å²) < 4.78 is 5.31. The number of likely N-dealkylation sites (tertiary alicyclic amines) is 1. The zero-order valence-electron chi connectivity index (χ0n) is 10.6. The zero-order chi connectivity index (χ0) is 13.1. The Labute approximate surface area is 107 Å². The van der Waals surface area contributed by atoms with Crippen molar-refractivity contribution in [2.24, 2.45) is 5.73 Å². The Morgan fingerprint density at radius 1 is 1.56 bits per heavy atom. The molecule has 1 aliphatic heterocycles. The lowest BCUT2D eigenvalue weighted by Crippen LogP contribution is -2.48. The number of furan rings is 1. The Morgan fingerprint density at radius 2 is 2.33 bits per heavy atom. The molecule has 2 unspecified atom stereocenters.